The molecule has 0 N–H and O–H groups in total. The van der Waals surface area contributed by atoms with Gasteiger partial charge in [0.2, 0.25) is 0 Å². The Bertz CT molecular complexity index is 1500. The second kappa shape index (κ2) is 6.28. The summed E-state index contributed by atoms with van der Waals surface area (Å²) in [7, 11) is 0. The lowest BCUT2D eigenvalue weighted by Gasteiger charge is -2.05. The molecule has 3 nitrogen and oxygen atoms in total. The Balaban J connectivity index is 1.54. The Labute approximate surface area is 167 Å². The summed E-state index contributed by atoms with van der Waals surface area (Å²) in [5.74, 6) is 0. The van der Waals surface area contributed by atoms with Gasteiger partial charge in [-0.1, -0.05) is 42.5 Å². The maximum absolute atomic E-state index is 6.22. The van der Waals surface area contributed by atoms with Crippen LogP contribution in [-0.2, 0) is 0 Å². The van der Waals surface area contributed by atoms with E-state index in [1.165, 1.54) is 5.39 Å². The highest BCUT2D eigenvalue weighted by molar-refractivity contribution is 6.15. The molecule has 3 aromatic heterocycles. The minimum Gasteiger partial charge on any atom is -0.455 e. The van der Waals surface area contributed by atoms with Crippen molar-refractivity contribution in [2.75, 3.05) is 0 Å². The van der Waals surface area contributed by atoms with Crippen molar-refractivity contribution < 1.29 is 4.42 Å². The molecule has 0 aliphatic carbocycles. The number of benzene rings is 3. The smallest absolute Gasteiger partial charge is 0.143 e. The maximum Gasteiger partial charge on any atom is 0.143 e. The predicted molar refractivity (Wildman–Crippen MR) is 118 cm³/mol. The summed E-state index contributed by atoms with van der Waals surface area (Å²) in [5.41, 5.74) is 5.55. The third kappa shape index (κ3) is 2.59. The van der Waals surface area contributed by atoms with E-state index in [9.17, 15) is 0 Å². The molecule has 0 amide bonds. The first kappa shape index (κ1) is 16.0. The summed E-state index contributed by atoms with van der Waals surface area (Å²) in [6, 6.07) is 30.8. The third-order valence-corrected chi connectivity index (χ3v) is 5.33. The van der Waals surface area contributed by atoms with E-state index in [2.05, 4.69) is 47.4 Å². The van der Waals surface area contributed by atoms with Crippen LogP contribution in [0.4, 0.5) is 0 Å². The van der Waals surface area contributed by atoms with Crippen LogP contribution in [0.15, 0.2) is 102 Å². The van der Waals surface area contributed by atoms with Crippen LogP contribution in [0.2, 0.25) is 0 Å². The van der Waals surface area contributed by atoms with Crippen molar-refractivity contribution in [3.63, 3.8) is 0 Å². The number of hydrogen-bond donors (Lipinski definition) is 0. The molecule has 0 bridgehead atoms. The molecular weight excluding hydrogens is 356 g/mol. The van der Waals surface area contributed by atoms with E-state index in [1.807, 2.05) is 48.5 Å². The molecule has 29 heavy (non-hydrogen) atoms. The first-order valence-corrected chi connectivity index (χ1v) is 9.60. The van der Waals surface area contributed by atoms with Crippen molar-refractivity contribution in [1.82, 2.24) is 9.97 Å². The molecule has 0 atom stereocenters. The van der Waals surface area contributed by atoms with Crippen LogP contribution in [0.25, 0.3) is 55.4 Å². The summed E-state index contributed by atoms with van der Waals surface area (Å²) < 4.78 is 6.22. The number of nitrogens with zero attached hydrogens (tertiary/aromatic N) is 2. The van der Waals surface area contributed by atoms with Crippen LogP contribution in [0.5, 0.6) is 0 Å². The summed E-state index contributed by atoms with van der Waals surface area (Å²) >= 11 is 0. The number of furan rings is 1. The number of pyridine rings is 2. The number of hydrogen-bond acceptors (Lipinski definition) is 3. The highest BCUT2D eigenvalue weighted by Gasteiger charge is 2.12. The summed E-state index contributed by atoms with van der Waals surface area (Å²) in [6.45, 7) is 0. The van der Waals surface area contributed by atoms with Crippen LogP contribution >= 0.6 is 0 Å². The van der Waals surface area contributed by atoms with Crippen LogP contribution in [-0.4, -0.2) is 9.97 Å². The fourth-order valence-electron chi connectivity index (χ4n) is 3.92. The fourth-order valence-corrected chi connectivity index (χ4v) is 3.92. The Morgan fingerprint density at radius 3 is 2.38 bits per heavy atom. The first-order chi connectivity index (χ1) is 14.4. The van der Waals surface area contributed by atoms with Crippen LogP contribution in [0.1, 0.15) is 0 Å². The quantitative estimate of drug-likeness (QED) is 0.333. The molecule has 0 aliphatic rings. The van der Waals surface area contributed by atoms with Crippen LogP contribution < -0.4 is 0 Å². The highest BCUT2D eigenvalue weighted by atomic mass is 16.3. The molecule has 6 aromatic rings. The largest absolute Gasteiger partial charge is 0.455 e. The second-order valence-electron chi connectivity index (χ2n) is 7.10. The van der Waals surface area contributed by atoms with Gasteiger partial charge in [-0.3, -0.25) is 4.98 Å². The van der Waals surface area contributed by atoms with Gasteiger partial charge in [-0.2, -0.15) is 0 Å². The standard InChI is InChI=1S/C26H16N2O/c1-2-7-19-17(6-1)11-13-20-21-16-18(12-14-25(21)29-26(19)20)22-9-5-10-24(28-22)23-8-3-4-15-27-23/h1-16H. The molecule has 3 aromatic carbocycles. The van der Waals surface area contributed by atoms with E-state index >= 15 is 0 Å². The van der Waals surface area contributed by atoms with E-state index in [0.29, 0.717) is 0 Å². The van der Waals surface area contributed by atoms with Crippen molar-refractivity contribution >= 4 is 32.7 Å². The van der Waals surface area contributed by atoms with Crippen molar-refractivity contribution in [3.05, 3.63) is 97.2 Å². The summed E-state index contributed by atoms with van der Waals surface area (Å²) in [4.78, 5) is 9.26. The molecule has 0 spiro atoms. The zero-order chi connectivity index (χ0) is 19.2. The normalized spacial score (nSPS) is 11.4. The number of rotatable bonds is 2. The first-order valence-electron chi connectivity index (χ1n) is 9.60. The zero-order valence-electron chi connectivity index (χ0n) is 15.5. The van der Waals surface area contributed by atoms with Gasteiger partial charge in [0.1, 0.15) is 11.2 Å². The van der Waals surface area contributed by atoms with Crippen LogP contribution in [0.3, 0.4) is 0 Å². The Hall–Kier alpha value is -3.98. The van der Waals surface area contributed by atoms with Gasteiger partial charge in [0.05, 0.1) is 17.1 Å². The highest BCUT2D eigenvalue weighted by Crippen LogP contribution is 2.36. The van der Waals surface area contributed by atoms with Gasteiger partial charge in [0, 0.05) is 27.9 Å². The topological polar surface area (TPSA) is 38.9 Å². The van der Waals surface area contributed by atoms with Crippen LogP contribution in [0, 0.1) is 0 Å². The van der Waals surface area contributed by atoms with Gasteiger partial charge in [0.15, 0.2) is 0 Å². The lowest BCUT2D eigenvalue weighted by atomic mass is 10.0. The molecule has 0 unspecified atom stereocenters. The van der Waals surface area contributed by atoms with Gasteiger partial charge < -0.3 is 4.42 Å². The average Bonchev–Trinajstić information content (AvgIpc) is 3.18. The minimum absolute atomic E-state index is 0.867. The molecule has 3 heterocycles. The Morgan fingerprint density at radius 2 is 1.45 bits per heavy atom. The molecule has 136 valence electrons. The SMILES string of the molecule is c1ccc(-c2cccc(-c3ccc4oc5c6ccccc6ccc5c4c3)n2)nc1. The van der Waals surface area contributed by atoms with E-state index in [4.69, 9.17) is 9.40 Å². The molecule has 3 heteroatoms. The molecule has 0 fully saturated rings. The van der Waals surface area contributed by atoms with Gasteiger partial charge in [0.25, 0.3) is 0 Å². The van der Waals surface area contributed by atoms with E-state index in [-0.39, 0.29) is 0 Å². The van der Waals surface area contributed by atoms with Gasteiger partial charge >= 0.3 is 0 Å². The van der Waals surface area contributed by atoms with E-state index < -0.39 is 0 Å². The lowest BCUT2D eigenvalue weighted by Crippen LogP contribution is -1.89. The van der Waals surface area contributed by atoms with Gasteiger partial charge in [-0.05, 0) is 53.9 Å². The minimum atomic E-state index is 0.867. The van der Waals surface area contributed by atoms with Gasteiger partial charge in [-0.25, -0.2) is 4.98 Å². The molecule has 6 rings (SSSR count). The van der Waals surface area contributed by atoms with Crippen molar-refractivity contribution in [1.29, 1.82) is 0 Å². The monoisotopic (exact) mass is 372 g/mol. The average molecular weight is 372 g/mol. The second-order valence-corrected chi connectivity index (χ2v) is 7.10. The Kier molecular flexibility index (Phi) is 3.47. The van der Waals surface area contributed by atoms with Gasteiger partial charge in [-0.15, -0.1) is 0 Å². The predicted octanol–water partition coefficient (Wildman–Crippen LogP) is 6.86. The van der Waals surface area contributed by atoms with E-state index in [1.54, 1.807) is 6.20 Å². The zero-order valence-corrected chi connectivity index (χ0v) is 15.5. The maximum atomic E-state index is 6.22. The number of aromatic nitrogens is 2. The Morgan fingerprint density at radius 1 is 0.586 bits per heavy atom. The lowest BCUT2D eigenvalue weighted by molar-refractivity contribution is 0.672. The van der Waals surface area contributed by atoms with Crippen molar-refractivity contribution in [2.45, 2.75) is 0 Å². The summed E-state index contributed by atoms with van der Waals surface area (Å²) in [6.07, 6.45) is 1.79. The van der Waals surface area contributed by atoms with Crippen molar-refractivity contribution in [3.8, 4) is 22.6 Å². The number of fused-ring (bicyclic) bond motifs is 5. The molecule has 0 saturated carbocycles. The molecule has 0 radical (unpaired) electrons. The molecular formula is C26H16N2O. The van der Waals surface area contributed by atoms with E-state index in [0.717, 1.165) is 50.0 Å². The van der Waals surface area contributed by atoms with Crippen molar-refractivity contribution in [2.24, 2.45) is 0 Å². The molecule has 0 aliphatic heterocycles. The third-order valence-electron chi connectivity index (χ3n) is 5.33. The fraction of sp³-hybridized carbons (Fsp3) is 0. The molecule has 0 saturated heterocycles. The summed E-state index contributed by atoms with van der Waals surface area (Å²) in [5, 5.41) is 4.55.